The van der Waals surface area contributed by atoms with Crippen LogP contribution in [-0.2, 0) is 9.47 Å². The second-order valence-electron chi connectivity index (χ2n) is 11.8. The summed E-state index contributed by atoms with van der Waals surface area (Å²) in [6, 6.07) is 0. The van der Waals surface area contributed by atoms with Crippen LogP contribution < -0.4 is 0 Å². The molecule has 3 fully saturated rings. The van der Waals surface area contributed by atoms with Gasteiger partial charge in [-0.1, -0.05) is 33.3 Å². The number of aliphatic hydroxyl groups excluding tert-OH is 5. The van der Waals surface area contributed by atoms with Crippen molar-refractivity contribution in [2.24, 2.45) is 22.7 Å². The maximum atomic E-state index is 10.6. The van der Waals surface area contributed by atoms with Crippen molar-refractivity contribution in [2.75, 3.05) is 13.2 Å². The van der Waals surface area contributed by atoms with Crippen LogP contribution in [0.5, 0.6) is 0 Å². The quantitative estimate of drug-likeness (QED) is 0.286. The molecule has 0 amide bonds. The highest BCUT2D eigenvalue weighted by molar-refractivity contribution is 5.11. The monoisotopic (exact) mass is 470 g/mol. The Labute approximate surface area is 198 Å². The SMILES string of the molecule is C[C@@H]1O[C@H](O[C@]2(C)CC[C@H]3C(C)(C)CCC[C@]3(C)[C@H]2CC/C(=C/CO)CO)[C@@H](O)[C@H](O)[C@@H]1O. The Morgan fingerprint density at radius 2 is 1.70 bits per heavy atom. The summed E-state index contributed by atoms with van der Waals surface area (Å²) in [4.78, 5) is 0. The predicted molar refractivity (Wildman–Crippen MR) is 125 cm³/mol. The number of hydrogen-bond acceptors (Lipinski definition) is 7. The number of aliphatic hydroxyl groups is 5. The fraction of sp³-hybridized carbons (Fsp3) is 0.923. The zero-order valence-electron chi connectivity index (χ0n) is 21.0. The van der Waals surface area contributed by atoms with Gasteiger partial charge in [0, 0.05) is 0 Å². The predicted octanol–water partition coefficient (Wildman–Crippen LogP) is 2.52. The van der Waals surface area contributed by atoms with E-state index in [4.69, 9.17) is 9.47 Å². The molecular formula is C26H46O7. The van der Waals surface area contributed by atoms with E-state index in [9.17, 15) is 25.5 Å². The van der Waals surface area contributed by atoms with Crippen LogP contribution in [0.15, 0.2) is 11.6 Å². The third-order valence-corrected chi connectivity index (χ3v) is 9.27. The summed E-state index contributed by atoms with van der Waals surface area (Å²) in [5.41, 5.74) is 0.453. The highest BCUT2D eigenvalue weighted by Gasteiger charge is 2.59. The van der Waals surface area contributed by atoms with Crippen molar-refractivity contribution in [2.45, 2.75) is 116 Å². The lowest BCUT2D eigenvalue weighted by molar-refractivity contribution is -0.338. The first-order valence-corrected chi connectivity index (χ1v) is 12.7. The second kappa shape index (κ2) is 10.2. The molecule has 0 spiro atoms. The van der Waals surface area contributed by atoms with E-state index >= 15 is 0 Å². The molecular weight excluding hydrogens is 424 g/mol. The molecule has 0 unspecified atom stereocenters. The number of ether oxygens (including phenoxy) is 2. The molecule has 0 aromatic carbocycles. The molecule has 0 radical (unpaired) electrons. The lowest BCUT2D eigenvalue weighted by atomic mass is 9.45. The van der Waals surface area contributed by atoms with Crippen molar-refractivity contribution in [3.8, 4) is 0 Å². The first-order valence-electron chi connectivity index (χ1n) is 12.7. The van der Waals surface area contributed by atoms with Crippen molar-refractivity contribution in [1.29, 1.82) is 0 Å². The van der Waals surface area contributed by atoms with E-state index in [0.29, 0.717) is 12.3 Å². The summed E-state index contributed by atoms with van der Waals surface area (Å²) in [5, 5.41) is 50.1. The van der Waals surface area contributed by atoms with Crippen LogP contribution in [0.25, 0.3) is 0 Å². The Bertz CT molecular complexity index is 694. The molecule has 2 aliphatic carbocycles. The van der Waals surface area contributed by atoms with Crippen LogP contribution >= 0.6 is 0 Å². The third-order valence-electron chi connectivity index (χ3n) is 9.27. The molecule has 9 atom stereocenters. The smallest absolute Gasteiger partial charge is 0.187 e. The van der Waals surface area contributed by atoms with Gasteiger partial charge < -0.3 is 35.0 Å². The van der Waals surface area contributed by atoms with Gasteiger partial charge in [0.15, 0.2) is 6.29 Å². The van der Waals surface area contributed by atoms with Crippen LogP contribution in [0.1, 0.15) is 79.6 Å². The average Bonchev–Trinajstić information content (AvgIpc) is 2.74. The topological polar surface area (TPSA) is 120 Å². The first-order chi connectivity index (χ1) is 15.4. The van der Waals surface area contributed by atoms with Crippen LogP contribution in [0.4, 0.5) is 0 Å². The van der Waals surface area contributed by atoms with Gasteiger partial charge in [0.25, 0.3) is 0 Å². The lowest BCUT2D eigenvalue weighted by Crippen LogP contribution is -2.63. The minimum Gasteiger partial charge on any atom is -0.392 e. The van der Waals surface area contributed by atoms with Gasteiger partial charge in [-0.2, -0.15) is 0 Å². The zero-order valence-corrected chi connectivity index (χ0v) is 21.0. The van der Waals surface area contributed by atoms with Crippen molar-refractivity contribution in [1.82, 2.24) is 0 Å². The molecule has 7 nitrogen and oxygen atoms in total. The molecule has 1 saturated heterocycles. The van der Waals surface area contributed by atoms with Gasteiger partial charge in [0.2, 0.25) is 0 Å². The van der Waals surface area contributed by atoms with Gasteiger partial charge in [-0.3, -0.25) is 0 Å². The molecule has 33 heavy (non-hydrogen) atoms. The van der Waals surface area contributed by atoms with Gasteiger partial charge >= 0.3 is 0 Å². The summed E-state index contributed by atoms with van der Waals surface area (Å²) in [5.74, 6) is 0.662. The largest absolute Gasteiger partial charge is 0.392 e. The number of hydrogen-bond donors (Lipinski definition) is 5. The third kappa shape index (κ3) is 5.20. The summed E-state index contributed by atoms with van der Waals surface area (Å²) >= 11 is 0. The summed E-state index contributed by atoms with van der Waals surface area (Å²) in [7, 11) is 0. The maximum absolute atomic E-state index is 10.6. The van der Waals surface area contributed by atoms with E-state index in [1.54, 1.807) is 13.0 Å². The Hall–Kier alpha value is -0.540. The Kier molecular flexibility index (Phi) is 8.37. The van der Waals surface area contributed by atoms with Crippen LogP contribution in [0.2, 0.25) is 0 Å². The fourth-order valence-corrected chi connectivity index (χ4v) is 7.46. The van der Waals surface area contributed by atoms with Gasteiger partial charge in [-0.25, -0.2) is 0 Å². The van der Waals surface area contributed by atoms with Crippen LogP contribution in [-0.4, -0.2) is 75.1 Å². The standard InChI is InChI=1S/C26H46O7/c1-16-20(29)21(30)22(31)23(32-16)33-26(5)13-9-18-24(2,3)11-6-12-25(18,4)19(26)8-7-17(15-28)10-14-27/h10,16,18-23,27-31H,6-9,11-15H2,1-5H3/b17-10-/t16-,18-,19+,20+,21+,22-,23+,25-,26+/m0/s1. The van der Waals surface area contributed by atoms with E-state index in [0.717, 1.165) is 37.7 Å². The van der Waals surface area contributed by atoms with E-state index in [-0.39, 0.29) is 30.0 Å². The molecule has 2 saturated carbocycles. The van der Waals surface area contributed by atoms with E-state index in [1.165, 1.54) is 6.42 Å². The molecule has 3 aliphatic rings. The van der Waals surface area contributed by atoms with E-state index < -0.39 is 36.3 Å². The van der Waals surface area contributed by atoms with Gasteiger partial charge in [-0.15, -0.1) is 0 Å². The molecule has 0 aromatic heterocycles. The highest BCUT2D eigenvalue weighted by Crippen LogP contribution is 2.64. The lowest BCUT2D eigenvalue weighted by Gasteiger charge is -2.63. The molecule has 1 aliphatic heterocycles. The number of fused-ring (bicyclic) bond motifs is 1. The summed E-state index contributed by atoms with van der Waals surface area (Å²) < 4.78 is 12.4. The summed E-state index contributed by atoms with van der Waals surface area (Å²) in [6.07, 6.45) is 2.91. The summed E-state index contributed by atoms with van der Waals surface area (Å²) in [6.45, 7) is 10.7. The molecule has 1 heterocycles. The Balaban J connectivity index is 1.91. The van der Waals surface area contributed by atoms with Gasteiger partial charge in [-0.05, 0) is 80.6 Å². The van der Waals surface area contributed by atoms with Crippen molar-refractivity contribution >= 4 is 0 Å². The molecule has 5 N–H and O–H groups in total. The van der Waals surface area contributed by atoms with Crippen molar-refractivity contribution in [3.63, 3.8) is 0 Å². The molecule has 192 valence electrons. The van der Waals surface area contributed by atoms with Crippen molar-refractivity contribution < 1.29 is 35.0 Å². The van der Waals surface area contributed by atoms with E-state index in [1.807, 2.05) is 0 Å². The number of rotatable bonds is 7. The second-order valence-corrected chi connectivity index (χ2v) is 11.8. The fourth-order valence-electron chi connectivity index (χ4n) is 7.46. The maximum Gasteiger partial charge on any atom is 0.187 e. The van der Waals surface area contributed by atoms with Gasteiger partial charge in [0.1, 0.15) is 18.3 Å². The zero-order chi connectivity index (χ0) is 24.6. The average molecular weight is 471 g/mol. The normalized spacial score (nSPS) is 46.1. The Morgan fingerprint density at radius 1 is 1.00 bits per heavy atom. The highest BCUT2D eigenvalue weighted by atomic mass is 16.7. The van der Waals surface area contributed by atoms with Crippen LogP contribution in [0.3, 0.4) is 0 Å². The van der Waals surface area contributed by atoms with Crippen LogP contribution in [0, 0.1) is 22.7 Å². The van der Waals surface area contributed by atoms with Gasteiger partial charge in [0.05, 0.1) is 24.9 Å². The minimum absolute atomic E-state index is 0.0118. The Morgan fingerprint density at radius 3 is 2.33 bits per heavy atom. The van der Waals surface area contributed by atoms with E-state index in [2.05, 4.69) is 27.7 Å². The van der Waals surface area contributed by atoms with Crippen molar-refractivity contribution in [3.05, 3.63) is 11.6 Å². The first kappa shape index (κ1) is 27.1. The molecule has 0 aromatic rings. The molecule has 0 bridgehead atoms. The molecule has 3 rings (SSSR count). The minimum atomic E-state index is -1.33. The molecule has 7 heteroatoms.